The van der Waals surface area contributed by atoms with Crippen molar-refractivity contribution in [1.82, 2.24) is 9.97 Å². The van der Waals surface area contributed by atoms with Crippen LogP contribution in [0.5, 0.6) is 0 Å². The SMILES string of the molecule is O=C(Nc1ccc(-c2nccs2)cc1)c1csc(-c2cccs2)n1. The fraction of sp³-hybridized carbons (Fsp3) is 0. The summed E-state index contributed by atoms with van der Waals surface area (Å²) in [5.74, 6) is -0.198. The van der Waals surface area contributed by atoms with Crippen LogP contribution >= 0.6 is 34.0 Å². The number of amides is 1. The molecule has 4 aromatic rings. The third-order valence-corrected chi connectivity index (χ3v) is 5.99. The van der Waals surface area contributed by atoms with Crippen LogP contribution in [0.25, 0.3) is 20.5 Å². The second-order valence-corrected chi connectivity index (χ2v) is 7.58. The van der Waals surface area contributed by atoms with Gasteiger partial charge < -0.3 is 5.32 Å². The van der Waals surface area contributed by atoms with Gasteiger partial charge in [-0.25, -0.2) is 9.97 Å². The number of hydrogen-bond donors (Lipinski definition) is 1. The number of nitrogens with zero attached hydrogens (tertiary/aromatic N) is 2. The molecule has 118 valence electrons. The van der Waals surface area contributed by atoms with Crippen molar-refractivity contribution in [2.24, 2.45) is 0 Å². The number of aromatic nitrogens is 2. The lowest BCUT2D eigenvalue weighted by molar-refractivity contribution is 0.102. The first-order valence-electron chi connectivity index (χ1n) is 7.10. The number of carbonyl (C=O) groups is 1. The van der Waals surface area contributed by atoms with Crippen molar-refractivity contribution in [2.75, 3.05) is 5.32 Å². The minimum Gasteiger partial charge on any atom is -0.321 e. The lowest BCUT2D eigenvalue weighted by Crippen LogP contribution is -2.12. The fourth-order valence-electron chi connectivity index (χ4n) is 2.15. The highest BCUT2D eigenvalue weighted by Crippen LogP contribution is 2.28. The molecule has 1 amide bonds. The molecule has 0 bridgehead atoms. The molecule has 0 unspecified atom stereocenters. The van der Waals surface area contributed by atoms with E-state index in [4.69, 9.17) is 0 Å². The predicted molar refractivity (Wildman–Crippen MR) is 101 cm³/mol. The van der Waals surface area contributed by atoms with Gasteiger partial charge in [0.1, 0.15) is 15.7 Å². The molecular weight excluding hydrogens is 358 g/mol. The summed E-state index contributed by atoms with van der Waals surface area (Å²) in [4.78, 5) is 22.1. The number of rotatable bonds is 4. The lowest BCUT2D eigenvalue weighted by Gasteiger charge is -2.04. The van der Waals surface area contributed by atoms with Crippen molar-refractivity contribution >= 4 is 45.6 Å². The van der Waals surface area contributed by atoms with Crippen molar-refractivity contribution < 1.29 is 4.79 Å². The van der Waals surface area contributed by atoms with Gasteiger partial charge in [-0.05, 0) is 35.7 Å². The number of hydrogen-bond acceptors (Lipinski definition) is 6. The summed E-state index contributed by atoms with van der Waals surface area (Å²) in [6, 6.07) is 11.6. The highest BCUT2D eigenvalue weighted by molar-refractivity contribution is 7.20. The van der Waals surface area contributed by atoms with E-state index in [1.165, 1.54) is 11.3 Å². The first-order chi connectivity index (χ1) is 11.8. The van der Waals surface area contributed by atoms with E-state index in [9.17, 15) is 4.79 Å². The Labute approximate surface area is 150 Å². The van der Waals surface area contributed by atoms with Gasteiger partial charge >= 0.3 is 0 Å². The first kappa shape index (κ1) is 15.2. The Hall–Kier alpha value is -2.35. The maximum atomic E-state index is 12.3. The second-order valence-electron chi connectivity index (χ2n) is 4.88. The van der Waals surface area contributed by atoms with Crippen molar-refractivity contribution in [3.63, 3.8) is 0 Å². The summed E-state index contributed by atoms with van der Waals surface area (Å²) in [5.41, 5.74) is 2.22. The largest absolute Gasteiger partial charge is 0.321 e. The highest BCUT2D eigenvalue weighted by atomic mass is 32.1. The average molecular weight is 369 g/mol. The molecule has 1 N–H and O–H groups in total. The summed E-state index contributed by atoms with van der Waals surface area (Å²) < 4.78 is 0. The maximum absolute atomic E-state index is 12.3. The molecule has 4 rings (SSSR count). The fourth-order valence-corrected chi connectivity index (χ4v) is 4.41. The molecule has 24 heavy (non-hydrogen) atoms. The van der Waals surface area contributed by atoms with E-state index in [2.05, 4.69) is 15.3 Å². The number of carbonyl (C=O) groups excluding carboxylic acids is 1. The Morgan fingerprint density at radius 1 is 0.958 bits per heavy atom. The molecule has 0 spiro atoms. The molecule has 1 aromatic carbocycles. The van der Waals surface area contributed by atoms with E-state index in [-0.39, 0.29) is 5.91 Å². The molecule has 0 radical (unpaired) electrons. The summed E-state index contributed by atoms with van der Waals surface area (Å²) in [5, 5.41) is 10.4. The van der Waals surface area contributed by atoms with E-state index in [0.29, 0.717) is 5.69 Å². The number of thiophene rings is 1. The lowest BCUT2D eigenvalue weighted by atomic mass is 10.2. The molecule has 0 saturated heterocycles. The molecule has 0 saturated carbocycles. The maximum Gasteiger partial charge on any atom is 0.275 e. The van der Waals surface area contributed by atoms with Crippen LogP contribution in [0.1, 0.15) is 10.5 Å². The van der Waals surface area contributed by atoms with Crippen LogP contribution in [0.2, 0.25) is 0 Å². The monoisotopic (exact) mass is 369 g/mol. The van der Waals surface area contributed by atoms with Crippen LogP contribution < -0.4 is 5.32 Å². The van der Waals surface area contributed by atoms with Crippen molar-refractivity contribution in [1.29, 1.82) is 0 Å². The predicted octanol–water partition coefficient (Wildman–Crippen LogP) is 5.25. The van der Waals surface area contributed by atoms with Crippen LogP contribution in [0.3, 0.4) is 0 Å². The standard InChI is InChI=1S/C17H11N3OS3/c21-15(13-10-24-17(20-13)14-2-1-8-22-14)19-12-5-3-11(4-6-12)16-18-7-9-23-16/h1-10H,(H,19,21). The van der Waals surface area contributed by atoms with Gasteiger partial charge in [-0.2, -0.15) is 0 Å². The van der Waals surface area contributed by atoms with E-state index in [1.54, 1.807) is 34.3 Å². The number of benzene rings is 1. The van der Waals surface area contributed by atoms with Gasteiger partial charge in [-0.15, -0.1) is 34.0 Å². The zero-order valence-electron chi connectivity index (χ0n) is 12.3. The number of anilines is 1. The molecule has 0 fully saturated rings. The van der Waals surface area contributed by atoms with Gasteiger partial charge in [0.25, 0.3) is 5.91 Å². The molecular formula is C17H11N3OS3. The smallest absolute Gasteiger partial charge is 0.275 e. The molecule has 7 heteroatoms. The second kappa shape index (κ2) is 6.64. The molecule has 0 aliphatic rings. The summed E-state index contributed by atoms with van der Waals surface area (Å²) >= 11 is 4.68. The van der Waals surface area contributed by atoms with E-state index < -0.39 is 0 Å². The molecule has 3 aromatic heterocycles. The Bertz CT molecular complexity index is 942. The summed E-state index contributed by atoms with van der Waals surface area (Å²) in [7, 11) is 0. The van der Waals surface area contributed by atoms with Crippen LogP contribution in [-0.4, -0.2) is 15.9 Å². The number of nitrogens with one attached hydrogen (secondary N) is 1. The Morgan fingerprint density at radius 3 is 2.54 bits per heavy atom. The topological polar surface area (TPSA) is 54.9 Å². The first-order valence-corrected chi connectivity index (χ1v) is 9.74. The normalized spacial score (nSPS) is 10.7. The number of thiazole rings is 2. The van der Waals surface area contributed by atoms with Crippen LogP contribution in [0.4, 0.5) is 5.69 Å². The van der Waals surface area contributed by atoms with Crippen molar-refractivity contribution in [3.8, 4) is 20.5 Å². The zero-order chi connectivity index (χ0) is 16.4. The molecule has 0 aliphatic heterocycles. The van der Waals surface area contributed by atoms with Gasteiger partial charge in [0.2, 0.25) is 0 Å². The molecule has 0 atom stereocenters. The third-order valence-electron chi connectivity index (χ3n) is 3.29. The average Bonchev–Trinajstić information content (AvgIpc) is 3.35. The van der Waals surface area contributed by atoms with Gasteiger partial charge in [-0.3, -0.25) is 4.79 Å². The van der Waals surface area contributed by atoms with Crippen LogP contribution in [-0.2, 0) is 0 Å². The highest BCUT2D eigenvalue weighted by Gasteiger charge is 2.12. The third kappa shape index (κ3) is 3.14. The van der Waals surface area contributed by atoms with Gasteiger partial charge in [0.15, 0.2) is 0 Å². The summed E-state index contributed by atoms with van der Waals surface area (Å²) in [6.45, 7) is 0. The van der Waals surface area contributed by atoms with Crippen LogP contribution in [0.15, 0.2) is 58.7 Å². The van der Waals surface area contributed by atoms with Crippen molar-refractivity contribution in [3.05, 3.63) is 64.4 Å². The van der Waals surface area contributed by atoms with Gasteiger partial charge in [0, 0.05) is 28.2 Å². The van der Waals surface area contributed by atoms with E-state index in [0.717, 1.165) is 26.1 Å². The molecule has 0 aliphatic carbocycles. The van der Waals surface area contributed by atoms with Gasteiger partial charge in [0.05, 0.1) is 4.88 Å². The van der Waals surface area contributed by atoms with Crippen molar-refractivity contribution in [2.45, 2.75) is 0 Å². The summed E-state index contributed by atoms with van der Waals surface area (Å²) in [6.07, 6.45) is 1.78. The molecule has 4 nitrogen and oxygen atoms in total. The minimum atomic E-state index is -0.198. The molecule has 3 heterocycles. The Morgan fingerprint density at radius 2 is 1.83 bits per heavy atom. The van der Waals surface area contributed by atoms with E-state index >= 15 is 0 Å². The van der Waals surface area contributed by atoms with Gasteiger partial charge in [-0.1, -0.05) is 6.07 Å². The van der Waals surface area contributed by atoms with E-state index in [1.807, 2.05) is 47.2 Å². The Balaban J connectivity index is 1.48. The van der Waals surface area contributed by atoms with Crippen LogP contribution in [0, 0.1) is 0 Å². The Kier molecular flexibility index (Phi) is 4.20. The minimum absolute atomic E-state index is 0.198. The zero-order valence-corrected chi connectivity index (χ0v) is 14.8. The quantitative estimate of drug-likeness (QED) is 0.535.